The van der Waals surface area contributed by atoms with E-state index in [0.29, 0.717) is 10.7 Å². The van der Waals surface area contributed by atoms with Crippen molar-refractivity contribution in [1.82, 2.24) is 9.97 Å². The Kier molecular flexibility index (Phi) is 2.35. The molecule has 1 aliphatic rings. The number of hydrogen-bond acceptors (Lipinski definition) is 3. The zero-order chi connectivity index (χ0) is 10.2. The number of nitrogens with one attached hydrogen (secondary N) is 1. The predicted molar refractivity (Wildman–Crippen MR) is 57.4 cm³/mol. The summed E-state index contributed by atoms with van der Waals surface area (Å²) in [6.07, 6.45) is 2.95. The standard InChI is InChI=1S/C10H14ClN3/c1-10(2)5-7(10)6-13-8-3-4-12-9(11)14-8/h3-4,7H,5-6H2,1-2H3,(H,12,13,14). The van der Waals surface area contributed by atoms with Crippen LogP contribution < -0.4 is 5.32 Å². The molecule has 76 valence electrons. The van der Waals surface area contributed by atoms with Crippen LogP contribution in [0.4, 0.5) is 5.82 Å². The van der Waals surface area contributed by atoms with Crippen molar-refractivity contribution in [2.45, 2.75) is 20.3 Å². The monoisotopic (exact) mass is 211 g/mol. The van der Waals surface area contributed by atoms with Crippen LogP contribution in [0.5, 0.6) is 0 Å². The third kappa shape index (κ3) is 2.15. The van der Waals surface area contributed by atoms with E-state index in [2.05, 4.69) is 29.1 Å². The van der Waals surface area contributed by atoms with Crippen LogP contribution in [0, 0.1) is 11.3 Å². The lowest BCUT2D eigenvalue weighted by Gasteiger charge is -2.06. The molecule has 0 saturated heterocycles. The number of nitrogens with zero attached hydrogens (tertiary/aromatic N) is 2. The van der Waals surface area contributed by atoms with Crippen LogP contribution >= 0.6 is 11.6 Å². The van der Waals surface area contributed by atoms with E-state index in [1.165, 1.54) is 6.42 Å². The molecule has 0 aromatic carbocycles. The van der Waals surface area contributed by atoms with Crippen molar-refractivity contribution in [3.63, 3.8) is 0 Å². The van der Waals surface area contributed by atoms with Gasteiger partial charge in [0.05, 0.1) is 0 Å². The molecule has 1 unspecified atom stereocenters. The van der Waals surface area contributed by atoms with Crippen LogP contribution in [0.3, 0.4) is 0 Å². The molecule has 1 atom stereocenters. The van der Waals surface area contributed by atoms with Crippen molar-refractivity contribution >= 4 is 17.4 Å². The number of hydrogen-bond donors (Lipinski definition) is 1. The lowest BCUT2D eigenvalue weighted by molar-refractivity contribution is 0.573. The molecule has 0 amide bonds. The highest BCUT2D eigenvalue weighted by Crippen LogP contribution is 2.51. The number of rotatable bonds is 3. The Hall–Kier alpha value is -0.830. The summed E-state index contributed by atoms with van der Waals surface area (Å²) in [5.74, 6) is 1.57. The Morgan fingerprint density at radius 1 is 1.64 bits per heavy atom. The van der Waals surface area contributed by atoms with Crippen molar-refractivity contribution in [1.29, 1.82) is 0 Å². The maximum Gasteiger partial charge on any atom is 0.224 e. The molecule has 2 rings (SSSR count). The Bertz CT molecular complexity index is 338. The van der Waals surface area contributed by atoms with Crippen LogP contribution in [0.2, 0.25) is 5.28 Å². The summed E-state index contributed by atoms with van der Waals surface area (Å²) < 4.78 is 0. The number of aromatic nitrogens is 2. The molecule has 0 aliphatic heterocycles. The Balaban J connectivity index is 1.87. The molecule has 1 aromatic heterocycles. The summed E-state index contributed by atoms with van der Waals surface area (Å²) in [4.78, 5) is 7.89. The maximum atomic E-state index is 5.67. The van der Waals surface area contributed by atoms with E-state index in [9.17, 15) is 0 Å². The highest BCUT2D eigenvalue weighted by molar-refractivity contribution is 6.28. The zero-order valence-corrected chi connectivity index (χ0v) is 9.17. The molecule has 1 N–H and O–H groups in total. The topological polar surface area (TPSA) is 37.8 Å². The SMILES string of the molecule is CC1(C)CC1CNc1ccnc(Cl)n1. The van der Waals surface area contributed by atoms with Gasteiger partial charge in [-0.2, -0.15) is 0 Å². The fourth-order valence-electron chi connectivity index (χ4n) is 1.59. The third-order valence-electron chi connectivity index (χ3n) is 2.87. The minimum atomic E-state index is 0.296. The Morgan fingerprint density at radius 3 is 2.93 bits per heavy atom. The summed E-state index contributed by atoms with van der Waals surface area (Å²) in [5, 5.41) is 3.56. The van der Waals surface area contributed by atoms with Crippen molar-refractivity contribution in [2.75, 3.05) is 11.9 Å². The van der Waals surface area contributed by atoms with E-state index in [4.69, 9.17) is 11.6 Å². The molecule has 1 heterocycles. The molecule has 0 bridgehead atoms. The van der Waals surface area contributed by atoms with E-state index >= 15 is 0 Å². The first-order chi connectivity index (χ1) is 6.58. The first kappa shape index (κ1) is 9.71. The molecule has 4 heteroatoms. The van der Waals surface area contributed by atoms with E-state index in [-0.39, 0.29) is 0 Å². The van der Waals surface area contributed by atoms with E-state index in [0.717, 1.165) is 18.3 Å². The Morgan fingerprint density at radius 2 is 2.36 bits per heavy atom. The number of anilines is 1. The highest BCUT2D eigenvalue weighted by atomic mass is 35.5. The largest absolute Gasteiger partial charge is 0.370 e. The normalized spacial score (nSPS) is 23.2. The average Bonchev–Trinajstić information content (AvgIpc) is 2.71. The van der Waals surface area contributed by atoms with Crippen molar-refractivity contribution in [2.24, 2.45) is 11.3 Å². The van der Waals surface area contributed by atoms with Gasteiger partial charge in [-0.15, -0.1) is 0 Å². The molecular weight excluding hydrogens is 198 g/mol. The fraction of sp³-hybridized carbons (Fsp3) is 0.600. The van der Waals surface area contributed by atoms with Gasteiger partial charge in [-0.25, -0.2) is 9.97 Å². The average molecular weight is 212 g/mol. The molecule has 14 heavy (non-hydrogen) atoms. The summed E-state index contributed by atoms with van der Waals surface area (Å²) >= 11 is 5.67. The van der Waals surface area contributed by atoms with Gasteiger partial charge in [0, 0.05) is 12.7 Å². The molecule has 1 aliphatic carbocycles. The fourth-order valence-corrected chi connectivity index (χ4v) is 1.73. The quantitative estimate of drug-likeness (QED) is 0.781. The first-order valence-corrected chi connectivity index (χ1v) is 5.18. The molecule has 1 fully saturated rings. The second-order valence-corrected chi connectivity index (χ2v) is 4.82. The van der Waals surface area contributed by atoms with Crippen LogP contribution in [-0.2, 0) is 0 Å². The van der Waals surface area contributed by atoms with Gasteiger partial charge in [0.25, 0.3) is 0 Å². The van der Waals surface area contributed by atoms with Crippen molar-refractivity contribution < 1.29 is 0 Å². The van der Waals surface area contributed by atoms with E-state index in [1.807, 2.05) is 6.07 Å². The van der Waals surface area contributed by atoms with Crippen molar-refractivity contribution in [3.8, 4) is 0 Å². The van der Waals surface area contributed by atoms with Gasteiger partial charge < -0.3 is 5.32 Å². The summed E-state index contributed by atoms with van der Waals surface area (Å²) in [6, 6.07) is 1.83. The van der Waals surface area contributed by atoms with Crippen LogP contribution in [0.25, 0.3) is 0 Å². The molecule has 0 radical (unpaired) electrons. The smallest absolute Gasteiger partial charge is 0.224 e. The van der Waals surface area contributed by atoms with E-state index < -0.39 is 0 Å². The summed E-state index contributed by atoms with van der Waals surface area (Å²) in [7, 11) is 0. The zero-order valence-electron chi connectivity index (χ0n) is 8.42. The van der Waals surface area contributed by atoms with Gasteiger partial charge in [-0.1, -0.05) is 13.8 Å². The van der Waals surface area contributed by atoms with Gasteiger partial charge in [0.1, 0.15) is 5.82 Å². The maximum absolute atomic E-state index is 5.67. The van der Waals surface area contributed by atoms with E-state index in [1.54, 1.807) is 6.20 Å². The molecule has 1 saturated carbocycles. The van der Waals surface area contributed by atoms with Crippen LogP contribution in [0.1, 0.15) is 20.3 Å². The minimum absolute atomic E-state index is 0.296. The van der Waals surface area contributed by atoms with Gasteiger partial charge in [-0.05, 0) is 35.4 Å². The molecule has 1 aromatic rings. The van der Waals surface area contributed by atoms with Gasteiger partial charge in [0.2, 0.25) is 5.28 Å². The number of halogens is 1. The van der Waals surface area contributed by atoms with Gasteiger partial charge in [-0.3, -0.25) is 0 Å². The second kappa shape index (κ2) is 3.39. The predicted octanol–water partition coefficient (Wildman–Crippen LogP) is 2.59. The third-order valence-corrected chi connectivity index (χ3v) is 3.06. The molecule has 0 spiro atoms. The first-order valence-electron chi connectivity index (χ1n) is 4.80. The minimum Gasteiger partial charge on any atom is -0.370 e. The van der Waals surface area contributed by atoms with Crippen LogP contribution in [0.15, 0.2) is 12.3 Å². The van der Waals surface area contributed by atoms with Gasteiger partial charge >= 0.3 is 0 Å². The van der Waals surface area contributed by atoms with Crippen molar-refractivity contribution in [3.05, 3.63) is 17.5 Å². The lowest BCUT2D eigenvalue weighted by atomic mass is 10.1. The van der Waals surface area contributed by atoms with Gasteiger partial charge in [0.15, 0.2) is 0 Å². The molecular formula is C10H14ClN3. The highest BCUT2D eigenvalue weighted by Gasteiger charge is 2.44. The summed E-state index contributed by atoms with van der Waals surface area (Å²) in [5.41, 5.74) is 0.504. The van der Waals surface area contributed by atoms with Crippen LogP contribution in [-0.4, -0.2) is 16.5 Å². The Labute approximate surface area is 88.9 Å². The second-order valence-electron chi connectivity index (χ2n) is 4.48. The summed E-state index contributed by atoms with van der Waals surface area (Å²) in [6.45, 7) is 5.54. The lowest BCUT2D eigenvalue weighted by Crippen LogP contribution is -2.08. The molecule has 3 nitrogen and oxygen atoms in total.